The summed E-state index contributed by atoms with van der Waals surface area (Å²) in [5.41, 5.74) is 17.7. The van der Waals surface area contributed by atoms with E-state index in [1.54, 1.807) is 46.3 Å². The second-order valence-electron chi connectivity index (χ2n) is 16.1. The number of aromatic nitrogens is 6. The summed E-state index contributed by atoms with van der Waals surface area (Å²) in [4.78, 5) is 39.4. The molecule has 6 heterocycles. The van der Waals surface area contributed by atoms with Crippen molar-refractivity contribution < 1.29 is 49.7 Å². The van der Waals surface area contributed by atoms with Gasteiger partial charge in [0.2, 0.25) is 0 Å². The van der Waals surface area contributed by atoms with Crippen molar-refractivity contribution in [1.82, 2.24) is 29.1 Å². The molecule has 22 heteroatoms. The van der Waals surface area contributed by atoms with Crippen molar-refractivity contribution in [1.29, 1.82) is 0 Å². The van der Waals surface area contributed by atoms with Gasteiger partial charge in [0.05, 0.1) is 35.9 Å². The number of aliphatic carboxylic acids is 2. The number of fused-ring (bicyclic) bond motifs is 2. The van der Waals surface area contributed by atoms with Crippen LogP contribution in [0.5, 0.6) is 0 Å². The third kappa shape index (κ3) is 11.4. The molecule has 2 aliphatic heterocycles. The highest BCUT2D eigenvalue weighted by Crippen LogP contribution is 2.36. The van der Waals surface area contributed by atoms with E-state index >= 15 is 0 Å². The number of carbonyl (C=O) groups is 2. The van der Waals surface area contributed by atoms with Crippen LogP contribution in [0.25, 0.3) is 22.1 Å². The van der Waals surface area contributed by atoms with Gasteiger partial charge in [-0.3, -0.25) is 9.59 Å². The van der Waals surface area contributed by atoms with Crippen LogP contribution in [-0.2, 0) is 19.1 Å². The summed E-state index contributed by atoms with van der Waals surface area (Å²) in [7, 11) is 0. The summed E-state index contributed by atoms with van der Waals surface area (Å²) in [5.74, 6) is 0.883. The summed E-state index contributed by atoms with van der Waals surface area (Å²) in [5, 5.41) is 66.6. The lowest BCUT2D eigenvalue weighted by Gasteiger charge is -2.17. The maximum Gasteiger partial charge on any atom is 0.320 e. The number of benzene rings is 2. The van der Waals surface area contributed by atoms with Crippen molar-refractivity contribution in [3.63, 3.8) is 0 Å². The van der Waals surface area contributed by atoms with Crippen molar-refractivity contribution in [2.45, 2.75) is 87.9 Å². The maximum absolute atomic E-state index is 10.8. The number of carboxylic acid groups (broad SMARTS) is 2. The van der Waals surface area contributed by atoms with Crippen molar-refractivity contribution in [3.05, 3.63) is 96.8 Å². The number of hydrogen-bond acceptors (Lipinski definition) is 18. The molecular weight excluding hydrogens is 893 g/mol. The van der Waals surface area contributed by atoms with E-state index in [-0.39, 0.29) is 0 Å². The number of nitrogens with zero attached hydrogens (tertiary/aromatic N) is 6. The summed E-state index contributed by atoms with van der Waals surface area (Å²) >= 11 is 2.85. The van der Waals surface area contributed by atoms with E-state index in [0.717, 1.165) is 22.5 Å². The first-order chi connectivity index (χ1) is 31.7. The summed E-state index contributed by atoms with van der Waals surface area (Å²) in [6.45, 7) is 4.01. The number of aliphatic hydroxyl groups is 4. The number of carboxylic acids is 2. The van der Waals surface area contributed by atoms with Gasteiger partial charge in [-0.1, -0.05) is 24.3 Å². The Balaban J connectivity index is 0.000000196. The second-order valence-corrected chi connectivity index (χ2v) is 18.4. The molecule has 0 spiro atoms. The van der Waals surface area contributed by atoms with Gasteiger partial charge in [0.25, 0.3) is 0 Å². The molecule has 6 aromatic rings. The van der Waals surface area contributed by atoms with Crippen molar-refractivity contribution >= 4 is 80.5 Å². The van der Waals surface area contributed by atoms with E-state index in [1.165, 1.54) is 23.5 Å². The maximum atomic E-state index is 10.8. The van der Waals surface area contributed by atoms with Crippen LogP contribution >= 0.6 is 23.5 Å². The molecule has 20 nitrogen and oxygen atoms in total. The Morgan fingerprint density at radius 1 is 0.652 bits per heavy atom. The molecule has 2 aliphatic rings. The number of nitrogens with one attached hydrogen (secondary N) is 2. The fourth-order valence-electron chi connectivity index (χ4n) is 7.49. The Labute approximate surface area is 387 Å². The molecule has 8 rings (SSSR count). The normalized spacial score (nSPS) is 23.6. The third-order valence-electron chi connectivity index (χ3n) is 11.1. The molecule has 66 heavy (non-hydrogen) atoms. The van der Waals surface area contributed by atoms with Gasteiger partial charge in [0, 0.05) is 35.3 Å². The van der Waals surface area contributed by atoms with Gasteiger partial charge in [-0.25, -0.2) is 19.9 Å². The van der Waals surface area contributed by atoms with Crippen LogP contribution in [0.2, 0.25) is 0 Å². The van der Waals surface area contributed by atoms with Gasteiger partial charge >= 0.3 is 11.9 Å². The quantitative estimate of drug-likeness (QED) is 0.0553. The zero-order valence-corrected chi connectivity index (χ0v) is 37.7. The molecule has 2 aromatic carbocycles. The minimum absolute atomic E-state index is 0.310. The first-order valence-corrected chi connectivity index (χ1v) is 23.5. The summed E-state index contributed by atoms with van der Waals surface area (Å²) in [6, 6.07) is 17.5. The Morgan fingerprint density at radius 3 is 1.44 bits per heavy atom. The van der Waals surface area contributed by atoms with Gasteiger partial charge in [0.1, 0.15) is 47.5 Å². The van der Waals surface area contributed by atoms with E-state index in [1.807, 2.05) is 62.4 Å². The van der Waals surface area contributed by atoms with Crippen LogP contribution in [-0.4, -0.2) is 143 Å². The first-order valence-electron chi connectivity index (χ1n) is 21.2. The number of imidazole rings is 2. The van der Waals surface area contributed by atoms with Crippen LogP contribution < -0.4 is 22.1 Å². The number of pyridine rings is 2. The number of rotatable bonds is 18. The molecule has 0 amide bonds. The Morgan fingerprint density at radius 2 is 1.06 bits per heavy atom. The van der Waals surface area contributed by atoms with Crippen molar-refractivity contribution in [2.24, 2.45) is 11.5 Å². The number of hydrogen-bond donors (Lipinski definition) is 10. The van der Waals surface area contributed by atoms with E-state index in [2.05, 4.69) is 30.6 Å². The molecule has 0 radical (unpaired) electrons. The minimum atomic E-state index is -1.14. The molecule has 10 unspecified atom stereocenters. The number of anilines is 4. The fourth-order valence-corrected chi connectivity index (χ4v) is 9.68. The summed E-state index contributed by atoms with van der Waals surface area (Å²) < 4.78 is 15.3. The van der Waals surface area contributed by atoms with Gasteiger partial charge in [-0.2, -0.15) is 23.5 Å². The van der Waals surface area contributed by atoms with E-state index in [9.17, 15) is 30.0 Å². The number of ether oxygens (including phenoxy) is 2. The molecule has 4 aromatic heterocycles. The molecule has 10 atom stereocenters. The highest BCUT2D eigenvalue weighted by molar-refractivity contribution is 7.99. The lowest BCUT2D eigenvalue weighted by Crippen LogP contribution is -2.33. The van der Waals surface area contributed by atoms with Gasteiger partial charge < -0.3 is 71.3 Å². The number of thioether (sulfide) groups is 2. The van der Waals surface area contributed by atoms with E-state index in [0.29, 0.717) is 69.6 Å². The smallest absolute Gasteiger partial charge is 0.320 e. The molecule has 12 N–H and O–H groups in total. The molecule has 2 fully saturated rings. The molecule has 352 valence electrons. The van der Waals surface area contributed by atoms with Gasteiger partial charge in [0.15, 0.2) is 24.1 Å². The van der Waals surface area contributed by atoms with Crippen LogP contribution in [0.15, 0.2) is 85.7 Å². The lowest BCUT2D eigenvalue weighted by molar-refractivity contribution is -0.139. The standard InChI is InChI=1S/2C22H27N5O5S/c2*1-12-3-2-4-13(9-12)26-20-17-15(5-7-24-20)27(11-25-17)21-19(29)18(28)16(32-21)10-33-8-6-14(23)22(30)31/h2*2-5,7,9,11,14,16,18-19,21,28-29H,6,8,10,23H2,1H3,(H,24,26)(H,30,31). The minimum Gasteiger partial charge on any atom is -0.480 e. The first kappa shape index (κ1) is 48.5. The topological polar surface area (TPSA) is 312 Å². The number of nitrogens with two attached hydrogens (primary N) is 2. The highest BCUT2D eigenvalue weighted by atomic mass is 32.2. The zero-order chi connectivity index (χ0) is 47.1. The lowest BCUT2D eigenvalue weighted by atomic mass is 10.1. The molecule has 0 aliphatic carbocycles. The van der Waals surface area contributed by atoms with Crippen molar-refractivity contribution in [2.75, 3.05) is 33.6 Å². The molecule has 0 saturated carbocycles. The van der Waals surface area contributed by atoms with Crippen LogP contribution in [0.1, 0.15) is 36.4 Å². The molecule has 2 saturated heterocycles. The monoisotopic (exact) mass is 946 g/mol. The van der Waals surface area contributed by atoms with Crippen LogP contribution in [0.3, 0.4) is 0 Å². The zero-order valence-electron chi connectivity index (χ0n) is 36.1. The Bertz CT molecular complexity index is 2430. The molecule has 0 bridgehead atoms. The average Bonchev–Trinajstić information content (AvgIpc) is 4.06. The predicted molar refractivity (Wildman–Crippen MR) is 251 cm³/mol. The van der Waals surface area contributed by atoms with E-state index in [4.69, 9.17) is 31.2 Å². The average molecular weight is 947 g/mol. The van der Waals surface area contributed by atoms with Gasteiger partial charge in [-0.05, 0) is 85.7 Å². The Hall–Kier alpha value is -5.40. The van der Waals surface area contributed by atoms with Crippen LogP contribution in [0, 0.1) is 13.8 Å². The SMILES string of the molecule is Cc1cccc(Nc2nccc3c2ncn3C2OC(CSCCC(N)C(=O)O)C(O)C2O)c1.Cc1cccc(Nc2nccc3c2ncn3C2OC(CSCCC(N)C(=O)O)C(O)C2O)c1. The highest BCUT2D eigenvalue weighted by Gasteiger charge is 2.45. The predicted octanol–water partition coefficient (Wildman–Crippen LogP) is 3.28. The fraction of sp³-hybridized carbons (Fsp3) is 0.409. The Kier molecular flexibility index (Phi) is 16.1. The van der Waals surface area contributed by atoms with Gasteiger partial charge in [-0.15, -0.1) is 0 Å². The number of aryl methyl sites for hydroxylation is 2. The second kappa shape index (κ2) is 21.9. The van der Waals surface area contributed by atoms with Crippen LogP contribution in [0.4, 0.5) is 23.0 Å². The molecular formula is C44H54N10O10S2. The van der Waals surface area contributed by atoms with E-state index < -0.39 is 73.1 Å². The third-order valence-corrected chi connectivity index (χ3v) is 13.3. The summed E-state index contributed by atoms with van der Waals surface area (Å²) in [6.07, 6.45) is -0.255. The van der Waals surface area contributed by atoms with Crippen molar-refractivity contribution in [3.8, 4) is 0 Å². The largest absolute Gasteiger partial charge is 0.480 e. The number of aliphatic hydroxyl groups excluding tert-OH is 4.